The second-order valence-corrected chi connectivity index (χ2v) is 8.18. The Balaban J connectivity index is 2.53. The molecule has 0 bridgehead atoms. The van der Waals surface area contributed by atoms with Crippen LogP contribution in [0.2, 0.25) is 0 Å². The molecule has 0 fully saturated rings. The molecule has 150 valence electrons. The SMILES string of the molecule is COC(=O)c1cc(C(=O)OC)cc(S(=O)(=O)Oc2cccc(S(=O)(=O)O)c2)c1. The Morgan fingerprint density at radius 3 is 1.82 bits per heavy atom. The van der Waals surface area contributed by atoms with Gasteiger partial charge in [0.25, 0.3) is 10.1 Å². The molecule has 0 aliphatic rings. The van der Waals surface area contributed by atoms with E-state index in [9.17, 15) is 26.4 Å². The Labute approximate surface area is 160 Å². The van der Waals surface area contributed by atoms with E-state index in [1.165, 1.54) is 0 Å². The van der Waals surface area contributed by atoms with Crippen LogP contribution in [-0.2, 0) is 29.7 Å². The predicted molar refractivity (Wildman–Crippen MR) is 93.2 cm³/mol. The molecule has 28 heavy (non-hydrogen) atoms. The minimum Gasteiger partial charge on any atom is -0.465 e. The predicted octanol–water partition coefficient (Wildman–Crippen LogP) is 1.27. The van der Waals surface area contributed by atoms with Crippen LogP contribution in [0.15, 0.2) is 52.3 Å². The van der Waals surface area contributed by atoms with Crippen molar-refractivity contribution in [2.75, 3.05) is 14.2 Å². The summed E-state index contributed by atoms with van der Waals surface area (Å²) in [6.45, 7) is 0. The van der Waals surface area contributed by atoms with Crippen molar-refractivity contribution in [1.82, 2.24) is 0 Å². The molecule has 2 rings (SSSR count). The zero-order chi connectivity index (χ0) is 21.1. The summed E-state index contributed by atoms with van der Waals surface area (Å²) >= 11 is 0. The zero-order valence-corrected chi connectivity index (χ0v) is 16.1. The van der Waals surface area contributed by atoms with Gasteiger partial charge in [0, 0.05) is 6.07 Å². The van der Waals surface area contributed by atoms with Crippen LogP contribution in [0, 0.1) is 0 Å². The van der Waals surface area contributed by atoms with Crippen molar-refractivity contribution in [3.63, 3.8) is 0 Å². The quantitative estimate of drug-likeness (QED) is 0.403. The summed E-state index contributed by atoms with van der Waals surface area (Å²) in [6, 6.07) is 7.02. The van der Waals surface area contributed by atoms with E-state index in [-0.39, 0.29) is 11.1 Å². The lowest BCUT2D eigenvalue weighted by Gasteiger charge is -2.10. The van der Waals surface area contributed by atoms with Crippen LogP contribution in [0.4, 0.5) is 0 Å². The van der Waals surface area contributed by atoms with Gasteiger partial charge in [0.2, 0.25) is 0 Å². The van der Waals surface area contributed by atoms with Gasteiger partial charge in [-0.05, 0) is 30.3 Å². The van der Waals surface area contributed by atoms with Crippen LogP contribution in [0.1, 0.15) is 20.7 Å². The van der Waals surface area contributed by atoms with E-state index >= 15 is 0 Å². The van der Waals surface area contributed by atoms with Crippen LogP contribution in [0.25, 0.3) is 0 Å². The van der Waals surface area contributed by atoms with Gasteiger partial charge in [-0.15, -0.1) is 0 Å². The molecule has 0 radical (unpaired) electrons. The Hall–Kier alpha value is -2.96. The second-order valence-electron chi connectivity index (χ2n) is 5.22. The van der Waals surface area contributed by atoms with Gasteiger partial charge < -0.3 is 13.7 Å². The van der Waals surface area contributed by atoms with Gasteiger partial charge in [0.05, 0.1) is 30.2 Å². The molecular weight excluding hydrogens is 416 g/mol. The first-order valence-electron chi connectivity index (χ1n) is 7.31. The molecule has 1 N–H and O–H groups in total. The van der Waals surface area contributed by atoms with Crippen LogP contribution in [-0.4, -0.2) is 47.5 Å². The van der Waals surface area contributed by atoms with E-state index in [4.69, 9.17) is 8.74 Å². The molecule has 0 aromatic heterocycles. The standard InChI is InChI=1S/C16H14O10S2/c1-24-15(17)10-6-11(16(18)25-2)8-14(7-10)28(22,23)26-12-4-3-5-13(9-12)27(19,20)21/h3-9H,1-2H3,(H,19,20,21). The molecular formula is C16H14O10S2. The maximum absolute atomic E-state index is 12.6. The highest BCUT2D eigenvalue weighted by Crippen LogP contribution is 2.24. The van der Waals surface area contributed by atoms with Gasteiger partial charge in [-0.25, -0.2) is 9.59 Å². The molecule has 12 heteroatoms. The fraction of sp³-hybridized carbons (Fsp3) is 0.125. The molecule has 2 aromatic carbocycles. The van der Waals surface area contributed by atoms with E-state index in [0.717, 1.165) is 56.7 Å². The lowest BCUT2D eigenvalue weighted by atomic mass is 10.1. The third-order valence-corrected chi connectivity index (χ3v) is 5.42. The topological polar surface area (TPSA) is 150 Å². The van der Waals surface area contributed by atoms with Crippen molar-refractivity contribution in [2.24, 2.45) is 0 Å². The molecule has 0 atom stereocenters. The smallest absolute Gasteiger partial charge is 0.339 e. The molecule has 0 aliphatic carbocycles. The first-order chi connectivity index (χ1) is 13.0. The molecule has 0 heterocycles. The summed E-state index contributed by atoms with van der Waals surface area (Å²) in [7, 11) is -7.05. The Kier molecular flexibility index (Phi) is 6.07. The molecule has 2 aromatic rings. The van der Waals surface area contributed by atoms with Gasteiger partial charge in [-0.1, -0.05) is 6.07 Å². The summed E-state index contributed by atoms with van der Waals surface area (Å²) < 4.78 is 70.4. The Morgan fingerprint density at radius 1 is 0.821 bits per heavy atom. The molecule has 0 amide bonds. The highest BCUT2D eigenvalue weighted by molar-refractivity contribution is 7.87. The normalized spacial score (nSPS) is 11.5. The van der Waals surface area contributed by atoms with Crippen LogP contribution in [0.3, 0.4) is 0 Å². The van der Waals surface area contributed by atoms with Gasteiger partial charge in [-0.3, -0.25) is 4.55 Å². The van der Waals surface area contributed by atoms with Gasteiger partial charge >= 0.3 is 22.1 Å². The monoisotopic (exact) mass is 430 g/mol. The summed E-state index contributed by atoms with van der Waals surface area (Å²) in [6.07, 6.45) is 0. The van der Waals surface area contributed by atoms with E-state index in [1.807, 2.05) is 0 Å². The van der Waals surface area contributed by atoms with E-state index in [2.05, 4.69) is 9.47 Å². The van der Waals surface area contributed by atoms with Crippen molar-refractivity contribution in [2.45, 2.75) is 9.79 Å². The van der Waals surface area contributed by atoms with Crippen molar-refractivity contribution in [1.29, 1.82) is 0 Å². The van der Waals surface area contributed by atoms with Gasteiger partial charge in [-0.2, -0.15) is 16.8 Å². The van der Waals surface area contributed by atoms with Crippen molar-refractivity contribution >= 4 is 32.2 Å². The maximum Gasteiger partial charge on any atom is 0.339 e. The third kappa shape index (κ3) is 4.85. The number of carbonyl (C=O) groups excluding carboxylic acids is 2. The van der Waals surface area contributed by atoms with E-state index < -0.39 is 47.7 Å². The van der Waals surface area contributed by atoms with E-state index in [0.29, 0.717) is 0 Å². The summed E-state index contributed by atoms with van der Waals surface area (Å²) in [5.74, 6) is -2.23. The number of benzene rings is 2. The first kappa shape index (κ1) is 21.3. The minimum absolute atomic E-state index is 0.251. The fourth-order valence-corrected chi connectivity index (χ4v) is 3.59. The average molecular weight is 430 g/mol. The van der Waals surface area contributed by atoms with Crippen LogP contribution >= 0.6 is 0 Å². The van der Waals surface area contributed by atoms with Gasteiger partial charge in [0.15, 0.2) is 0 Å². The third-order valence-electron chi connectivity index (χ3n) is 3.35. The fourth-order valence-electron chi connectivity index (χ4n) is 2.08. The molecule has 0 spiro atoms. The number of rotatable bonds is 6. The largest absolute Gasteiger partial charge is 0.465 e. The van der Waals surface area contributed by atoms with Crippen LogP contribution < -0.4 is 4.18 Å². The number of hydrogen-bond acceptors (Lipinski definition) is 9. The molecule has 0 saturated heterocycles. The average Bonchev–Trinajstić information content (AvgIpc) is 2.65. The van der Waals surface area contributed by atoms with Crippen molar-refractivity contribution in [3.8, 4) is 5.75 Å². The lowest BCUT2D eigenvalue weighted by molar-refractivity contribution is 0.0598. The lowest BCUT2D eigenvalue weighted by Crippen LogP contribution is -2.14. The Bertz CT molecular complexity index is 1100. The highest BCUT2D eigenvalue weighted by atomic mass is 32.2. The van der Waals surface area contributed by atoms with Crippen molar-refractivity contribution < 1.29 is 44.6 Å². The maximum atomic E-state index is 12.6. The summed E-state index contributed by atoms with van der Waals surface area (Å²) in [5, 5.41) is 0. The first-order valence-corrected chi connectivity index (χ1v) is 10.2. The summed E-state index contributed by atoms with van der Waals surface area (Å²) in [5.41, 5.74) is -0.501. The molecule has 0 saturated carbocycles. The highest BCUT2D eigenvalue weighted by Gasteiger charge is 2.23. The zero-order valence-electron chi connectivity index (χ0n) is 14.5. The number of hydrogen-bond donors (Lipinski definition) is 1. The minimum atomic E-state index is -4.60. The van der Waals surface area contributed by atoms with E-state index in [1.54, 1.807) is 0 Å². The summed E-state index contributed by atoms with van der Waals surface area (Å²) in [4.78, 5) is 22.4. The molecule has 10 nitrogen and oxygen atoms in total. The van der Waals surface area contributed by atoms with Crippen molar-refractivity contribution in [3.05, 3.63) is 53.6 Å². The molecule has 0 unspecified atom stereocenters. The van der Waals surface area contributed by atoms with Crippen LogP contribution in [0.5, 0.6) is 5.75 Å². The van der Waals surface area contributed by atoms with Gasteiger partial charge in [0.1, 0.15) is 10.6 Å². The number of ether oxygens (including phenoxy) is 2. The number of methoxy groups -OCH3 is 2. The Morgan fingerprint density at radius 2 is 1.36 bits per heavy atom. The second kappa shape index (κ2) is 7.96. The number of esters is 2. The number of carbonyl (C=O) groups is 2. The molecule has 0 aliphatic heterocycles.